The average Bonchev–Trinajstić information content (AvgIpc) is 3.45. The molecule has 0 aliphatic rings. The van der Waals surface area contributed by atoms with Crippen molar-refractivity contribution >= 4 is 22.4 Å². The average molecular weight is 447 g/mol. The maximum Gasteiger partial charge on any atom is 0.228 e. The van der Waals surface area contributed by atoms with E-state index < -0.39 is 5.82 Å². The molecule has 5 nitrogen and oxygen atoms in total. The molecule has 34 heavy (non-hydrogen) atoms. The molecule has 0 amide bonds. The molecule has 0 aliphatic carbocycles. The van der Waals surface area contributed by atoms with E-state index in [9.17, 15) is 9.18 Å². The Kier molecular flexibility index (Phi) is 4.59. The van der Waals surface area contributed by atoms with Gasteiger partial charge in [-0.2, -0.15) is 5.10 Å². The van der Waals surface area contributed by atoms with Gasteiger partial charge in [-0.05, 0) is 49.4 Å². The minimum atomic E-state index is -0.404. The summed E-state index contributed by atoms with van der Waals surface area (Å²) in [5, 5.41) is 5.42. The van der Waals surface area contributed by atoms with E-state index in [2.05, 4.69) is 5.10 Å². The smallest absolute Gasteiger partial charge is 0.228 e. The van der Waals surface area contributed by atoms with Crippen LogP contribution in [0.15, 0.2) is 95.5 Å². The van der Waals surface area contributed by atoms with Crippen LogP contribution < -0.4 is 0 Å². The second kappa shape index (κ2) is 7.78. The van der Waals surface area contributed by atoms with Crippen molar-refractivity contribution in [1.29, 1.82) is 0 Å². The lowest BCUT2D eigenvalue weighted by molar-refractivity contribution is 0.101. The van der Waals surface area contributed by atoms with Gasteiger partial charge in [0.2, 0.25) is 5.78 Å². The molecule has 6 heteroatoms. The first-order valence-electron chi connectivity index (χ1n) is 10.8. The van der Waals surface area contributed by atoms with E-state index in [1.54, 1.807) is 4.52 Å². The Hall–Kier alpha value is -4.58. The van der Waals surface area contributed by atoms with E-state index in [-0.39, 0.29) is 11.5 Å². The molecule has 0 atom stereocenters. The van der Waals surface area contributed by atoms with Crippen LogP contribution in [0.4, 0.5) is 4.39 Å². The number of carbonyl (C=O) groups excluding carboxylic acids is 1. The highest BCUT2D eigenvalue weighted by Gasteiger charge is 2.24. The fourth-order valence-corrected chi connectivity index (χ4v) is 4.13. The maximum atomic E-state index is 13.4. The molecule has 0 spiro atoms. The quantitative estimate of drug-likeness (QED) is 0.290. The summed E-state index contributed by atoms with van der Waals surface area (Å²) in [7, 11) is 0. The van der Waals surface area contributed by atoms with E-state index >= 15 is 0 Å². The van der Waals surface area contributed by atoms with E-state index in [1.165, 1.54) is 24.3 Å². The molecule has 164 valence electrons. The number of hydrogen-bond acceptors (Lipinski definition) is 4. The van der Waals surface area contributed by atoms with Gasteiger partial charge in [-0.3, -0.25) is 4.79 Å². The number of nitrogens with zero attached hydrogens (tertiary/aromatic N) is 3. The van der Waals surface area contributed by atoms with Crippen LogP contribution in [0.25, 0.3) is 39.1 Å². The van der Waals surface area contributed by atoms with Crippen molar-refractivity contribution in [2.45, 2.75) is 6.92 Å². The number of fused-ring (bicyclic) bond motifs is 2. The minimum absolute atomic E-state index is 0.173. The molecule has 3 heterocycles. The van der Waals surface area contributed by atoms with Gasteiger partial charge in [0.25, 0.3) is 0 Å². The molecule has 3 aromatic carbocycles. The molecule has 0 fully saturated rings. The van der Waals surface area contributed by atoms with Crippen LogP contribution in [0.2, 0.25) is 0 Å². The highest BCUT2D eigenvalue weighted by atomic mass is 19.1. The van der Waals surface area contributed by atoms with Crippen LogP contribution >= 0.6 is 0 Å². The second-order valence-electron chi connectivity index (χ2n) is 8.15. The zero-order valence-corrected chi connectivity index (χ0v) is 18.2. The zero-order valence-electron chi connectivity index (χ0n) is 18.2. The predicted octanol–water partition coefficient (Wildman–Crippen LogP) is 6.49. The summed E-state index contributed by atoms with van der Waals surface area (Å²) in [5.74, 6) is -0.560. The van der Waals surface area contributed by atoms with Gasteiger partial charge in [0, 0.05) is 28.8 Å². The van der Waals surface area contributed by atoms with Crippen LogP contribution in [0.3, 0.4) is 0 Å². The number of aromatic nitrogens is 3. The molecular weight excluding hydrogens is 429 g/mol. The molecule has 0 N–H and O–H groups in total. The summed E-state index contributed by atoms with van der Waals surface area (Å²) >= 11 is 0. The first kappa shape index (κ1) is 20.1. The Morgan fingerprint density at radius 1 is 0.912 bits per heavy atom. The van der Waals surface area contributed by atoms with E-state index in [4.69, 9.17) is 9.40 Å². The Morgan fingerprint density at radius 3 is 2.50 bits per heavy atom. The van der Waals surface area contributed by atoms with Crippen molar-refractivity contribution in [1.82, 2.24) is 14.6 Å². The van der Waals surface area contributed by atoms with Crippen molar-refractivity contribution in [3.05, 3.63) is 114 Å². The Labute approximate surface area is 194 Å². The monoisotopic (exact) mass is 447 g/mol. The number of aryl methyl sites for hydroxylation is 1. The number of hydrogen-bond donors (Lipinski definition) is 0. The molecular formula is C28H18FN3O2. The largest absolute Gasteiger partial charge is 0.452 e. The predicted molar refractivity (Wildman–Crippen MR) is 128 cm³/mol. The van der Waals surface area contributed by atoms with Crippen molar-refractivity contribution in [2.24, 2.45) is 0 Å². The lowest BCUT2D eigenvalue weighted by Crippen LogP contribution is -2.02. The summed E-state index contributed by atoms with van der Waals surface area (Å²) in [6.07, 6.45) is 1.82. The van der Waals surface area contributed by atoms with Crippen LogP contribution in [0, 0.1) is 12.7 Å². The first-order chi connectivity index (χ1) is 16.6. The van der Waals surface area contributed by atoms with Crippen LogP contribution in [-0.2, 0) is 0 Å². The number of halogens is 1. The fourth-order valence-electron chi connectivity index (χ4n) is 4.13. The Bertz CT molecular complexity index is 1680. The molecule has 6 aromatic rings. The highest BCUT2D eigenvalue weighted by Crippen LogP contribution is 2.36. The third-order valence-corrected chi connectivity index (χ3v) is 5.81. The normalized spacial score (nSPS) is 11.4. The minimum Gasteiger partial charge on any atom is -0.452 e. The topological polar surface area (TPSA) is 60.4 Å². The molecule has 3 aromatic heterocycles. The third kappa shape index (κ3) is 3.36. The van der Waals surface area contributed by atoms with Gasteiger partial charge in [-0.1, -0.05) is 42.0 Å². The maximum absolute atomic E-state index is 13.4. The summed E-state index contributed by atoms with van der Waals surface area (Å²) in [5.41, 5.74) is 5.62. The standard InChI is InChI=1S/C28H18FN3O2/c1-17-7-12-24-21(15-17)26(28(34-24)27(33)19-8-10-20(29)11-9-19)22-13-14-32-25(30-22)16-23(31-32)18-5-3-2-4-6-18/h2-16H,1H3. The molecule has 0 saturated heterocycles. The molecule has 0 saturated carbocycles. The van der Waals surface area contributed by atoms with Gasteiger partial charge in [-0.15, -0.1) is 0 Å². The second-order valence-corrected chi connectivity index (χ2v) is 8.15. The van der Waals surface area contributed by atoms with Gasteiger partial charge in [0.1, 0.15) is 11.4 Å². The van der Waals surface area contributed by atoms with Gasteiger partial charge in [0.05, 0.1) is 17.0 Å². The van der Waals surface area contributed by atoms with Crippen molar-refractivity contribution < 1.29 is 13.6 Å². The van der Waals surface area contributed by atoms with E-state index in [0.717, 1.165) is 22.2 Å². The molecule has 6 rings (SSSR count). The van der Waals surface area contributed by atoms with Gasteiger partial charge < -0.3 is 4.42 Å². The fraction of sp³-hybridized carbons (Fsp3) is 0.0357. The summed E-state index contributed by atoms with van der Waals surface area (Å²) in [4.78, 5) is 18.2. The molecule has 0 unspecified atom stereocenters. The lowest BCUT2D eigenvalue weighted by Gasteiger charge is -2.04. The number of rotatable bonds is 4. The lowest BCUT2D eigenvalue weighted by atomic mass is 10.0. The Morgan fingerprint density at radius 2 is 1.71 bits per heavy atom. The molecule has 0 radical (unpaired) electrons. The summed E-state index contributed by atoms with van der Waals surface area (Å²) in [6.45, 7) is 1.98. The van der Waals surface area contributed by atoms with E-state index in [0.29, 0.717) is 28.1 Å². The summed E-state index contributed by atoms with van der Waals surface area (Å²) in [6, 6.07) is 24.8. The van der Waals surface area contributed by atoms with Crippen LogP contribution in [0.5, 0.6) is 0 Å². The highest BCUT2D eigenvalue weighted by molar-refractivity contribution is 6.15. The Balaban J connectivity index is 1.54. The third-order valence-electron chi connectivity index (χ3n) is 5.81. The molecule has 0 aliphatic heterocycles. The van der Waals surface area contributed by atoms with Crippen molar-refractivity contribution in [3.63, 3.8) is 0 Å². The zero-order chi connectivity index (χ0) is 23.2. The van der Waals surface area contributed by atoms with Crippen LogP contribution in [-0.4, -0.2) is 20.4 Å². The number of carbonyl (C=O) groups is 1. The van der Waals surface area contributed by atoms with Crippen molar-refractivity contribution in [3.8, 4) is 22.5 Å². The van der Waals surface area contributed by atoms with E-state index in [1.807, 2.05) is 73.8 Å². The van der Waals surface area contributed by atoms with Gasteiger partial charge in [0.15, 0.2) is 11.4 Å². The summed E-state index contributed by atoms with van der Waals surface area (Å²) < 4.78 is 21.2. The SMILES string of the molecule is Cc1ccc2oc(C(=O)c3ccc(F)cc3)c(-c3ccn4nc(-c5ccccc5)cc4n3)c2c1. The van der Waals surface area contributed by atoms with Gasteiger partial charge in [-0.25, -0.2) is 13.9 Å². The van der Waals surface area contributed by atoms with Gasteiger partial charge >= 0.3 is 0 Å². The molecule has 0 bridgehead atoms. The van der Waals surface area contributed by atoms with Crippen molar-refractivity contribution in [2.75, 3.05) is 0 Å². The van der Waals surface area contributed by atoms with Crippen LogP contribution in [0.1, 0.15) is 21.7 Å². The first-order valence-corrected chi connectivity index (χ1v) is 10.8. The number of furan rings is 1. The number of ketones is 1. The number of benzene rings is 3.